The van der Waals surface area contributed by atoms with Crippen molar-refractivity contribution in [1.29, 1.82) is 0 Å². The second kappa shape index (κ2) is 8.57. The van der Waals surface area contributed by atoms with Gasteiger partial charge in [0.15, 0.2) is 0 Å². The Balaban J connectivity index is 1.98. The number of likely N-dealkylation sites (tertiary alicyclic amines) is 1. The second-order valence-electron chi connectivity index (χ2n) is 6.60. The van der Waals surface area contributed by atoms with Gasteiger partial charge >= 0.3 is 0 Å². The summed E-state index contributed by atoms with van der Waals surface area (Å²) in [4.78, 5) is 13.8. The maximum Gasteiger partial charge on any atom is 0.246 e. The first kappa shape index (κ1) is 20.7. The van der Waals surface area contributed by atoms with Crippen LogP contribution in [0.2, 0.25) is 0 Å². The van der Waals surface area contributed by atoms with Gasteiger partial charge in [0.1, 0.15) is 11.6 Å². The van der Waals surface area contributed by atoms with Crippen LogP contribution in [-0.2, 0) is 4.79 Å². The van der Waals surface area contributed by atoms with Crippen LogP contribution in [0.15, 0.2) is 54.7 Å². The van der Waals surface area contributed by atoms with Gasteiger partial charge in [-0.1, -0.05) is 13.2 Å². The van der Waals surface area contributed by atoms with Crippen molar-refractivity contribution in [2.45, 2.75) is 6.04 Å². The molecule has 0 atom stereocenters. The van der Waals surface area contributed by atoms with E-state index in [2.05, 4.69) is 36.2 Å². The number of halogens is 1. The lowest BCUT2D eigenvalue weighted by Crippen LogP contribution is -2.50. The zero-order valence-electron chi connectivity index (χ0n) is 16.4. The maximum absolute atomic E-state index is 13.7. The Labute approximate surface area is 174 Å². The molecular formula is C21H23FN4O2S. The van der Waals surface area contributed by atoms with Crippen LogP contribution in [0.3, 0.4) is 0 Å². The smallest absolute Gasteiger partial charge is 0.246 e. The first-order chi connectivity index (χ1) is 13.9. The minimum Gasteiger partial charge on any atom is -0.496 e. The average Bonchev–Trinajstić information content (AvgIpc) is 3.13. The molecule has 2 heterocycles. The molecule has 0 spiro atoms. The molecule has 1 aromatic heterocycles. The molecule has 1 N–H and O–H groups in total. The van der Waals surface area contributed by atoms with Crippen molar-refractivity contribution in [2.75, 3.05) is 27.2 Å². The highest BCUT2D eigenvalue weighted by molar-refractivity contribution is 7.85. The molecular weight excluding hydrogens is 391 g/mol. The van der Waals surface area contributed by atoms with Crippen LogP contribution in [0, 0.1) is 5.82 Å². The lowest BCUT2D eigenvalue weighted by molar-refractivity contribution is -0.131. The number of ether oxygens (including phenoxy) is 1. The molecule has 0 saturated carbocycles. The highest BCUT2D eigenvalue weighted by Crippen LogP contribution is 2.37. The number of nitrogens with zero attached hydrogens (tertiary/aromatic N) is 3. The Morgan fingerprint density at radius 1 is 1.45 bits per heavy atom. The zero-order valence-corrected chi connectivity index (χ0v) is 17.2. The number of carbonyl (C=O) groups is 1. The summed E-state index contributed by atoms with van der Waals surface area (Å²) in [6, 6.07) is 4.43. The van der Waals surface area contributed by atoms with E-state index >= 15 is 0 Å². The van der Waals surface area contributed by atoms with Gasteiger partial charge in [-0.05, 0) is 18.2 Å². The van der Waals surface area contributed by atoms with E-state index in [0.29, 0.717) is 34.9 Å². The summed E-state index contributed by atoms with van der Waals surface area (Å²) in [5, 5.41) is 7.63. The van der Waals surface area contributed by atoms with E-state index in [4.69, 9.17) is 4.74 Å². The van der Waals surface area contributed by atoms with Gasteiger partial charge in [0.2, 0.25) is 5.91 Å². The second-order valence-corrected chi connectivity index (χ2v) is 7.14. The minimum absolute atomic E-state index is 0.0819. The van der Waals surface area contributed by atoms with Crippen LogP contribution in [0.4, 0.5) is 4.39 Å². The van der Waals surface area contributed by atoms with Gasteiger partial charge in [-0.2, -0.15) is 5.10 Å². The molecule has 0 aliphatic carbocycles. The van der Waals surface area contributed by atoms with Crippen LogP contribution in [0.1, 0.15) is 17.2 Å². The minimum atomic E-state index is -0.392. The third-order valence-corrected chi connectivity index (χ3v) is 5.06. The van der Waals surface area contributed by atoms with Crippen LogP contribution < -0.4 is 10.1 Å². The van der Waals surface area contributed by atoms with Gasteiger partial charge in [0, 0.05) is 54.0 Å². The van der Waals surface area contributed by atoms with Crippen molar-refractivity contribution in [3.63, 3.8) is 0 Å². The number of aromatic nitrogens is 2. The summed E-state index contributed by atoms with van der Waals surface area (Å²) in [5.74, 6) is -0.0911. The van der Waals surface area contributed by atoms with Crippen LogP contribution in [0.25, 0.3) is 11.3 Å². The van der Waals surface area contributed by atoms with Crippen LogP contribution >= 0.6 is 12.6 Å². The standard InChI is InChI=1S/C21H23FN4O2S/c1-5-19(27)25-11-16(12-25)26-10-14(9-24-26)21(23-3)20(13(2)29)17-7-6-15(22)8-18(17)28-4/h5-10,16,23,29H,1-2,11-12H2,3-4H3/b21-20+. The predicted octanol–water partition coefficient (Wildman–Crippen LogP) is 3.13. The van der Waals surface area contributed by atoms with E-state index in [-0.39, 0.29) is 11.9 Å². The summed E-state index contributed by atoms with van der Waals surface area (Å²) in [6.45, 7) is 8.65. The van der Waals surface area contributed by atoms with Crippen molar-refractivity contribution >= 4 is 29.8 Å². The Kier molecular flexibility index (Phi) is 6.12. The Morgan fingerprint density at radius 3 is 2.76 bits per heavy atom. The number of thiol groups is 1. The molecule has 6 nitrogen and oxygen atoms in total. The summed E-state index contributed by atoms with van der Waals surface area (Å²) in [7, 11) is 3.27. The van der Waals surface area contributed by atoms with Crippen molar-refractivity contribution in [2.24, 2.45) is 0 Å². The van der Waals surface area contributed by atoms with Gasteiger partial charge in [-0.3, -0.25) is 9.48 Å². The number of methoxy groups -OCH3 is 1. The number of amides is 1. The van der Waals surface area contributed by atoms with E-state index in [1.54, 1.807) is 24.2 Å². The topological polar surface area (TPSA) is 59.4 Å². The molecule has 1 aliphatic heterocycles. The molecule has 0 bridgehead atoms. The molecule has 3 rings (SSSR count). The number of nitrogens with one attached hydrogen (secondary N) is 1. The van der Waals surface area contributed by atoms with Gasteiger partial charge < -0.3 is 15.0 Å². The molecule has 0 unspecified atom stereocenters. The number of rotatable bonds is 7. The van der Waals surface area contributed by atoms with Crippen molar-refractivity contribution in [1.82, 2.24) is 20.0 Å². The zero-order chi connectivity index (χ0) is 21.1. The number of hydrogen-bond donors (Lipinski definition) is 2. The monoisotopic (exact) mass is 414 g/mol. The molecule has 1 aromatic carbocycles. The first-order valence-corrected chi connectivity index (χ1v) is 9.44. The fourth-order valence-electron chi connectivity index (χ4n) is 3.32. The van der Waals surface area contributed by atoms with E-state index in [1.807, 2.05) is 10.9 Å². The van der Waals surface area contributed by atoms with Crippen LogP contribution in [0.5, 0.6) is 5.75 Å². The Hall–Kier alpha value is -3.00. The number of benzene rings is 1. The maximum atomic E-state index is 13.7. The quantitative estimate of drug-likeness (QED) is 0.415. The third-order valence-electron chi connectivity index (χ3n) is 4.83. The first-order valence-electron chi connectivity index (χ1n) is 8.99. The number of allylic oxidation sites excluding steroid dienone is 1. The molecule has 1 saturated heterocycles. The van der Waals surface area contributed by atoms with Gasteiger partial charge in [-0.15, -0.1) is 12.6 Å². The molecule has 1 aliphatic rings. The van der Waals surface area contributed by atoms with Gasteiger partial charge in [0.25, 0.3) is 0 Å². The summed E-state index contributed by atoms with van der Waals surface area (Å²) in [5.41, 5.74) is 2.90. The molecule has 29 heavy (non-hydrogen) atoms. The van der Waals surface area contributed by atoms with E-state index in [1.165, 1.54) is 25.3 Å². The Morgan fingerprint density at radius 2 is 2.17 bits per heavy atom. The molecule has 2 aromatic rings. The van der Waals surface area contributed by atoms with Crippen molar-refractivity contribution in [3.8, 4) is 5.75 Å². The third kappa shape index (κ3) is 4.07. The molecule has 8 heteroatoms. The summed E-state index contributed by atoms with van der Waals surface area (Å²) < 4.78 is 20.8. The highest BCUT2D eigenvalue weighted by Gasteiger charge is 2.31. The average molecular weight is 415 g/mol. The normalized spacial score (nSPS) is 14.7. The number of hydrogen-bond acceptors (Lipinski definition) is 5. The fraction of sp³-hybridized carbons (Fsp3) is 0.238. The summed E-state index contributed by atoms with van der Waals surface area (Å²) in [6.07, 6.45) is 4.95. The fourth-order valence-corrected chi connectivity index (χ4v) is 3.55. The summed E-state index contributed by atoms with van der Waals surface area (Å²) >= 11 is 4.46. The van der Waals surface area contributed by atoms with Gasteiger partial charge in [-0.25, -0.2) is 4.39 Å². The van der Waals surface area contributed by atoms with E-state index < -0.39 is 5.82 Å². The molecule has 0 radical (unpaired) electrons. The van der Waals surface area contributed by atoms with E-state index in [9.17, 15) is 9.18 Å². The molecule has 1 fully saturated rings. The largest absolute Gasteiger partial charge is 0.496 e. The van der Waals surface area contributed by atoms with Crippen molar-refractivity contribution < 1.29 is 13.9 Å². The van der Waals surface area contributed by atoms with Crippen molar-refractivity contribution in [3.05, 3.63) is 71.7 Å². The molecule has 1 amide bonds. The number of carbonyl (C=O) groups excluding carboxylic acids is 1. The SMILES string of the molecule is C=CC(=O)N1CC(n2cc(/C(NC)=C(/C(=C)S)c3ccc(F)cc3OC)cn2)C1. The highest BCUT2D eigenvalue weighted by atomic mass is 32.1. The van der Waals surface area contributed by atoms with Crippen LogP contribution in [-0.4, -0.2) is 47.8 Å². The lowest BCUT2D eigenvalue weighted by atomic mass is 9.99. The lowest BCUT2D eigenvalue weighted by Gasteiger charge is -2.38. The van der Waals surface area contributed by atoms with E-state index in [0.717, 1.165) is 11.3 Å². The van der Waals surface area contributed by atoms with Gasteiger partial charge in [0.05, 0.1) is 25.0 Å². The predicted molar refractivity (Wildman–Crippen MR) is 115 cm³/mol. The Bertz CT molecular complexity index is 992. The molecule has 152 valence electrons.